The number of rotatable bonds is 9. The van der Waals surface area contributed by atoms with E-state index in [-0.39, 0.29) is 29.3 Å². The summed E-state index contributed by atoms with van der Waals surface area (Å²) in [6.07, 6.45) is -5.12. The second-order valence-electron chi connectivity index (χ2n) is 7.80. The Labute approximate surface area is 204 Å². The molecule has 1 aromatic heterocycles. The van der Waals surface area contributed by atoms with Gasteiger partial charge in [-0.1, -0.05) is 41.9 Å². The summed E-state index contributed by atoms with van der Waals surface area (Å²) >= 11 is 5.99. The van der Waals surface area contributed by atoms with Gasteiger partial charge >= 0.3 is 12.1 Å². The Bertz CT molecular complexity index is 1140. The van der Waals surface area contributed by atoms with Crippen LogP contribution in [0.1, 0.15) is 29.3 Å². The maximum absolute atomic E-state index is 14.5. The zero-order chi connectivity index (χ0) is 25.6. The summed E-state index contributed by atoms with van der Waals surface area (Å²) in [5.74, 6) is -2.01. The van der Waals surface area contributed by atoms with Gasteiger partial charge in [0.2, 0.25) is 0 Å². The highest BCUT2D eigenvalue weighted by molar-refractivity contribution is 6.30. The predicted octanol–water partition coefficient (Wildman–Crippen LogP) is 4.89. The minimum absolute atomic E-state index is 0.0127. The molecule has 5 nitrogen and oxygen atoms in total. The summed E-state index contributed by atoms with van der Waals surface area (Å²) in [6.45, 7) is 1.19. The quantitative estimate of drug-likeness (QED) is 0.317. The number of ether oxygens (including phenoxy) is 1. The van der Waals surface area contributed by atoms with Crippen molar-refractivity contribution in [1.29, 1.82) is 0 Å². The molecular formula is C25H23ClF4N2O3. The molecule has 0 saturated carbocycles. The Kier molecular flexibility index (Phi) is 8.47. The van der Waals surface area contributed by atoms with Crippen LogP contribution in [0.2, 0.25) is 5.02 Å². The number of carbonyl (C=O) groups excluding carboxylic acids is 1. The molecule has 0 spiro atoms. The van der Waals surface area contributed by atoms with Crippen LogP contribution in [-0.2, 0) is 27.7 Å². The van der Waals surface area contributed by atoms with Gasteiger partial charge in [-0.05, 0) is 48.4 Å². The molecule has 35 heavy (non-hydrogen) atoms. The van der Waals surface area contributed by atoms with E-state index >= 15 is 0 Å². The van der Waals surface area contributed by atoms with Crippen LogP contribution in [0.4, 0.5) is 17.6 Å². The predicted molar refractivity (Wildman–Crippen MR) is 122 cm³/mol. The zero-order valence-corrected chi connectivity index (χ0v) is 19.4. The van der Waals surface area contributed by atoms with Crippen LogP contribution in [0, 0.1) is 5.82 Å². The van der Waals surface area contributed by atoms with Gasteiger partial charge in [-0.3, -0.25) is 10.3 Å². The number of esters is 1. The second-order valence-corrected chi connectivity index (χ2v) is 8.24. The number of halogens is 5. The van der Waals surface area contributed by atoms with E-state index < -0.39 is 41.7 Å². The topological polar surface area (TPSA) is 71.5 Å². The molecule has 1 heterocycles. The summed E-state index contributed by atoms with van der Waals surface area (Å²) in [7, 11) is 0. The number of aliphatic hydroxyl groups excluding tert-OH is 1. The average molecular weight is 511 g/mol. The molecule has 2 aromatic carbocycles. The molecule has 0 aliphatic heterocycles. The largest absolute Gasteiger partial charge is 0.464 e. The van der Waals surface area contributed by atoms with Crippen molar-refractivity contribution >= 4 is 17.6 Å². The van der Waals surface area contributed by atoms with Gasteiger partial charge in [0, 0.05) is 19.2 Å². The van der Waals surface area contributed by atoms with Crippen LogP contribution >= 0.6 is 11.6 Å². The molecule has 2 N–H and O–H groups in total. The third kappa shape index (κ3) is 6.56. The van der Waals surface area contributed by atoms with Crippen molar-refractivity contribution < 1.29 is 32.2 Å². The van der Waals surface area contributed by atoms with E-state index in [1.807, 2.05) is 0 Å². The maximum Gasteiger partial charge on any atom is 0.416 e. The highest BCUT2D eigenvalue weighted by Crippen LogP contribution is 2.37. The lowest BCUT2D eigenvalue weighted by Gasteiger charge is -2.36. The van der Waals surface area contributed by atoms with E-state index in [1.165, 1.54) is 18.3 Å². The van der Waals surface area contributed by atoms with E-state index in [0.29, 0.717) is 11.6 Å². The van der Waals surface area contributed by atoms with Crippen molar-refractivity contribution in [3.8, 4) is 0 Å². The molecule has 2 unspecified atom stereocenters. The molecule has 0 amide bonds. The molecule has 186 valence electrons. The van der Waals surface area contributed by atoms with Crippen LogP contribution in [0.25, 0.3) is 0 Å². The SMILES string of the molecule is CCOC(=O)C(O)CNC(Cc1ccccc1)(c1cc(F)cc(C(F)(F)F)c1)c1ccc(Cl)cn1. The number of nitrogens with one attached hydrogen (secondary N) is 1. The van der Waals surface area contributed by atoms with Gasteiger partial charge in [-0.2, -0.15) is 13.2 Å². The van der Waals surface area contributed by atoms with Crippen LogP contribution in [-0.4, -0.2) is 35.3 Å². The third-order valence-corrected chi connectivity index (χ3v) is 5.57. The van der Waals surface area contributed by atoms with E-state index in [9.17, 15) is 27.5 Å². The fourth-order valence-corrected chi connectivity index (χ4v) is 3.83. The zero-order valence-electron chi connectivity index (χ0n) is 18.7. The monoisotopic (exact) mass is 510 g/mol. The molecule has 0 saturated heterocycles. The first-order chi connectivity index (χ1) is 16.5. The summed E-state index contributed by atoms with van der Waals surface area (Å²) in [4.78, 5) is 16.3. The van der Waals surface area contributed by atoms with Crippen molar-refractivity contribution in [2.75, 3.05) is 13.2 Å². The lowest BCUT2D eigenvalue weighted by atomic mass is 9.79. The Hall–Kier alpha value is -3.01. The molecular weight excluding hydrogens is 488 g/mol. The summed E-state index contributed by atoms with van der Waals surface area (Å²) in [6, 6.07) is 13.9. The van der Waals surface area contributed by atoms with Gasteiger partial charge in [0.15, 0.2) is 6.10 Å². The van der Waals surface area contributed by atoms with Crippen molar-refractivity contribution in [3.05, 3.63) is 100 Å². The van der Waals surface area contributed by atoms with Gasteiger partial charge in [0.05, 0.1) is 28.4 Å². The number of nitrogens with zero attached hydrogens (tertiary/aromatic N) is 1. The van der Waals surface area contributed by atoms with E-state index in [0.717, 1.165) is 12.1 Å². The van der Waals surface area contributed by atoms with Crippen LogP contribution in [0.5, 0.6) is 0 Å². The minimum atomic E-state index is -4.81. The number of pyridine rings is 1. The number of hydrogen-bond acceptors (Lipinski definition) is 5. The first kappa shape index (κ1) is 26.6. The molecule has 0 bridgehead atoms. The fraction of sp³-hybridized carbons (Fsp3) is 0.280. The van der Waals surface area contributed by atoms with Crippen LogP contribution < -0.4 is 5.32 Å². The molecule has 3 aromatic rings. The Morgan fingerprint density at radius 1 is 1.11 bits per heavy atom. The highest BCUT2D eigenvalue weighted by atomic mass is 35.5. The van der Waals surface area contributed by atoms with Crippen molar-refractivity contribution in [2.24, 2.45) is 0 Å². The summed E-state index contributed by atoms with van der Waals surface area (Å²) < 4.78 is 60.2. The molecule has 0 radical (unpaired) electrons. The Morgan fingerprint density at radius 2 is 1.80 bits per heavy atom. The Balaban J connectivity index is 2.22. The average Bonchev–Trinajstić information content (AvgIpc) is 2.82. The number of hydrogen-bond donors (Lipinski definition) is 2. The van der Waals surface area contributed by atoms with E-state index in [1.54, 1.807) is 37.3 Å². The number of aromatic nitrogens is 1. The van der Waals surface area contributed by atoms with Gasteiger partial charge in [0.1, 0.15) is 5.82 Å². The fourth-order valence-electron chi connectivity index (χ4n) is 3.72. The summed E-state index contributed by atoms with van der Waals surface area (Å²) in [5, 5.41) is 13.6. The standard InChI is InChI=1S/C25H23ClF4N2O3/c1-2-35-23(34)21(33)15-32-24(13-16-6-4-3-5-7-16,22-9-8-19(26)14-31-22)17-10-18(25(28,29)30)12-20(27)11-17/h3-12,14,21,32-33H,2,13,15H2,1H3. The van der Waals surface area contributed by atoms with Crippen LogP contribution in [0.15, 0.2) is 66.9 Å². The molecule has 0 fully saturated rings. The highest BCUT2D eigenvalue weighted by Gasteiger charge is 2.40. The molecule has 10 heteroatoms. The number of alkyl halides is 3. The lowest BCUT2D eigenvalue weighted by Crippen LogP contribution is -2.50. The third-order valence-electron chi connectivity index (χ3n) is 5.35. The molecule has 2 atom stereocenters. The van der Waals surface area contributed by atoms with Gasteiger partial charge in [-0.25, -0.2) is 9.18 Å². The van der Waals surface area contributed by atoms with Gasteiger partial charge in [0.25, 0.3) is 0 Å². The maximum atomic E-state index is 14.5. The van der Waals surface area contributed by atoms with Crippen LogP contribution in [0.3, 0.4) is 0 Å². The van der Waals surface area contributed by atoms with E-state index in [2.05, 4.69) is 10.3 Å². The molecule has 0 aliphatic rings. The first-order valence-corrected chi connectivity index (χ1v) is 11.1. The van der Waals surface area contributed by atoms with Crippen molar-refractivity contribution in [3.63, 3.8) is 0 Å². The first-order valence-electron chi connectivity index (χ1n) is 10.7. The van der Waals surface area contributed by atoms with E-state index in [4.69, 9.17) is 16.3 Å². The second kappa shape index (κ2) is 11.2. The molecule has 0 aliphatic carbocycles. The minimum Gasteiger partial charge on any atom is -0.464 e. The normalized spacial score (nSPS) is 14.3. The van der Waals surface area contributed by atoms with Gasteiger partial charge in [-0.15, -0.1) is 0 Å². The van der Waals surface area contributed by atoms with Crippen molar-refractivity contribution in [2.45, 2.75) is 31.2 Å². The van der Waals surface area contributed by atoms with Gasteiger partial charge < -0.3 is 9.84 Å². The smallest absolute Gasteiger partial charge is 0.416 e. The summed E-state index contributed by atoms with van der Waals surface area (Å²) in [5.41, 5.74) is -1.98. The molecule has 3 rings (SSSR count). The number of benzene rings is 2. The van der Waals surface area contributed by atoms with Crippen molar-refractivity contribution in [1.82, 2.24) is 10.3 Å². The Morgan fingerprint density at radius 3 is 2.40 bits per heavy atom. The number of aliphatic hydroxyl groups is 1. The number of carbonyl (C=O) groups is 1. The lowest BCUT2D eigenvalue weighted by molar-refractivity contribution is -0.152.